The Morgan fingerprint density at radius 2 is 1.79 bits per heavy atom. The number of pyridine rings is 1. The van der Waals surface area contributed by atoms with Crippen LogP contribution in [-0.2, 0) is 10.0 Å². The van der Waals surface area contributed by atoms with Gasteiger partial charge in [0.15, 0.2) is 0 Å². The second kappa shape index (κ2) is 8.31. The second-order valence-corrected chi connectivity index (χ2v) is 8.13. The quantitative estimate of drug-likeness (QED) is 0.619. The van der Waals surface area contributed by atoms with E-state index >= 15 is 0 Å². The number of aryl methyl sites for hydroxylation is 1. The second-order valence-electron chi connectivity index (χ2n) is 6.45. The van der Waals surface area contributed by atoms with Crippen molar-refractivity contribution in [2.75, 3.05) is 17.1 Å². The van der Waals surface area contributed by atoms with E-state index in [1.165, 1.54) is 12.3 Å². The first kappa shape index (κ1) is 19.7. The van der Waals surface area contributed by atoms with E-state index in [1.54, 1.807) is 38.3 Å². The van der Waals surface area contributed by atoms with E-state index in [2.05, 4.69) is 15.0 Å². The van der Waals surface area contributed by atoms with Crippen molar-refractivity contribution >= 4 is 21.5 Å². The third-order valence-corrected chi connectivity index (χ3v) is 5.74. The van der Waals surface area contributed by atoms with Crippen molar-refractivity contribution in [3.63, 3.8) is 0 Å². The van der Waals surface area contributed by atoms with Gasteiger partial charge < -0.3 is 10.1 Å². The van der Waals surface area contributed by atoms with E-state index in [1.807, 2.05) is 37.3 Å². The topological polar surface area (TPSA) is 80.3 Å². The van der Waals surface area contributed by atoms with Crippen LogP contribution in [0.15, 0.2) is 71.8 Å². The number of hydrogen-bond donors (Lipinski definition) is 2. The van der Waals surface area contributed by atoms with Gasteiger partial charge in [-0.3, -0.25) is 4.72 Å². The zero-order chi connectivity index (χ0) is 20.1. The fourth-order valence-electron chi connectivity index (χ4n) is 2.82. The fourth-order valence-corrected chi connectivity index (χ4v) is 3.95. The number of methoxy groups -OCH3 is 1. The number of aromatic nitrogens is 1. The zero-order valence-electron chi connectivity index (χ0n) is 16.0. The largest absolute Gasteiger partial charge is 0.496 e. The molecule has 0 aliphatic rings. The average Bonchev–Trinajstić information content (AvgIpc) is 2.70. The number of ether oxygens (including phenoxy) is 1. The minimum absolute atomic E-state index is 0.0820. The summed E-state index contributed by atoms with van der Waals surface area (Å²) in [6.45, 7) is 3.84. The van der Waals surface area contributed by atoms with Crippen molar-refractivity contribution in [1.82, 2.24) is 4.98 Å². The Morgan fingerprint density at radius 3 is 2.39 bits per heavy atom. The summed E-state index contributed by atoms with van der Waals surface area (Å²) in [5, 5.41) is 3.30. The number of nitrogens with one attached hydrogen (secondary N) is 2. The molecule has 6 nitrogen and oxygen atoms in total. The van der Waals surface area contributed by atoms with Crippen molar-refractivity contribution in [2.24, 2.45) is 0 Å². The summed E-state index contributed by atoms with van der Waals surface area (Å²) < 4.78 is 32.9. The van der Waals surface area contributed by atoms with Crippen LogP contribution in [0.1, 0.15) is 24.1 Å². The van der Waals surface area contributed by atoms with Crippen LogP contribution in [0, 0.1) is 6.92 Å². The molecule has 3 aromatic rings. The Labute approximate surface area is 165 Å². The van der Waals surface area contributed by atoms with Gasteiger partial charge in [0.2, 0.25) is 0 Å². The van der Waals surface area contributed by atoms with Crippen LogP contribution in [0.25, 0.3) is 0 Å². The first-order valence-corrected chi connectivity index (χ1v) is 10.3. The lowest BCUT2D eigenvalue weighted by Gasteiger charge is -2.15. The van der Waals surface area contributed by atoms with Gasteiger partial charge >= 0.3 is 0 Å². The van der Waals surface area contributed by atoms with Gasteiger partial charge in [-0.1, -0.05) is 30.3 Å². The van der Waals surface area contributed by atoms with E-state index in [-0.39, 0.29) is 10.9 Å². The first-order chi connectivity index (χ1) is 13.4. The molecule has 146 valence electrons. The highest BCUT2D eigenvalue weighted by atomic mass is 32.2. The first-order valence-electron chi connectivity index (χ1n) is 8.84. The molecule has 1 atom stereocenters. The lowest BCUT2D eigenvalue weighted by molar-refractivity contribution is 0.411. The van der Waals surface area contributed by atoms with Crippen molar-refractivity contribution in [3.05, 3.63) is 78.0 Å². The molecule has 1 aromatic heterocycles. The number of anilines is 2. The number of nitrogens with zero attached hydrogens (tertiary/aromatic N) is 1. The van der Waals surface area contributed by atoms with Gasteiger partial charge in [-0.2, -0.15) is 0 Å². The zero-order valence-corrected chi connectivity index (χ0v) is 16.8. The SMILES string of the molecule is COc1ccc(S(=O)(=O)Nc2ccc(NC(C)c3ccccc3)nc2)cc1C. The minimum Gasteiger partial charge on any atom is -0.496 e. The van der Waals surface area contributed by atoms with Gasteiger partial charge in [0.05, 0.1) is 23.9 Å². The number of sulfonamides is 1. The average molecular weight is 398 g/mol. The molecule has 0 saturated carbocycles. The fraction of sp³-hybridized carbons (Fsp3) is 0.190. The molecule has 0 amide bonds. The van der Waals surface area contributed by atoms with Crippen LogP contribution in [-0.4, -0.2) is 20.5 Å². The van der Waals surface area contributed by atoms with Crippen molar-refractivity contribution in [2.45, 2.75) is 24.8 Å². The predicted octanol–water partition coefficient (Wildman–Crippen LogP) is 4.37. The molecule has 0 radical (unpaired) electrons. The van der Waals surface area contributed by atoms with Crippen LogP contribution in [0.5, 0.6) is 5.75 Å². The third kappa shape index (κ3) is 4.61. The Kier molecular flexibility index (Phi) is 5.84. The van der Waals surface area contributed by atoms with Crippen molar-refractivity contribution < 1.29 is 13.2 Å². The maximum absolute atomic E-state index is 12.6. The van der Waals surface area contributed by atoms with Gasteiger partial charge in [0.25, 0.3) is 10.0 Å². The van der Waals surface area contributed by atoms with Crippen LogP contribution in [0.3, 0.4) is 0 Å². The van der Waals surface area contributed by atoms with Gasteiger partial charge in [-0.15, -0.1) is 0 Å². The van der Waals surface area contributed by atoms with Crippen LogP contribution < -0.4 is 14.8 Å². The molecule has 0 spiro atoms. The van der Waals surface area contributed by atoms with E-state index in [9.17, 15) is 8.42 Å². The maximum Gasteiger partial charge on any atom is 0.261 e. The lowest BCUT2D eigenvalue weighted by Crippen LogP contribution is -2.14. The predicted molar refractivity (Wildman–Crippen MR) is 111 cm³/mol. The summed E-state index contributed by atoms with van der Waals surface area (Å²) in [4.78, 5) is 4.48. The van der Waals surface area contributed by atoms with Crippen molar-refractivity contribution in [1.29, 1.82) is 0 Å². The highest BCUT2D eigenvalue weighted by Crippen LogP contribution is 2.24. The van der Waals surface area contributed by atoms with Crippen molar-refractivity contribution in [3.8, 4) is 5.75 Å². The minimum atomic E-state index is -3.71. The molecule has 0 bridgehead atoms. The van der Waals surface area contributed by atoms with Gasteiger partial charge in [-0.05, 0) is 55.3 Å². The number of hydrogen-bond acceptors (Lipinski definition) is 5. The molecule has 1 heterocycles. The molecule has 3 rings (SSSR count). The summed E-state index contributed by atoms with van der Waals surface area (Å²) in [6.07, 6.45) is 1.49. The third-order valence-electron chi connectivity index (χ3n) is 4.36. The van der Waals surface area contributed by atoms with E-state index in [0.717, 1.165) is 11.1 Å². The monoisotopic (exact) mass is 397 g/mol. The molecule has 28 heavy (non-hydrogen) atoms. The Morgan fingerprint density at radius 1 is 1.04 bits per heavy atom. The highest BCUT2D eigenvalue weighted by molar-refractivity contribution is 7.92. The van der Waals surface area contributed by atoms with E-state index in [0.29, 0.717) is 17.3 Å². The molecule has 0 aliphatic carbocycles. The molecule has 0 aliphatic heterocycles. The molecular weight excluding hydrogens is 374 g/mol. The summed E-state index contributed by atoms with van der Waals surface area (Å²) >= 11 is 0. The van der Waals surface area contributed by atoms with Gasteiger partial charge in [-0.25, -0.2) is 13.4 Å². The normalized spacial score (nSPS) is 12.2. The lowest BCUT2D eigenvalue weighted by atomic mass is 10.1. The summed E-state index contributed by atoms with van der Waals surface area (Å²) in [5.41, 5.74) is 2.29. The Bertz CT molecular complexity index is 1040. The van der Waals surface area contributed by atoms with Crippen LogP contribution in [0.2, 0.25) is 0 Å². The summed E-state index contributed by atoms with van der Waals surface area (Å²) in [7, 11) is -2.16. The number of rotatable bonds is 7. The molecule has 0 saturated heterocycles. The van der Waals surface area contributed by atoms with Crippen LogP contribution in [0.4, 0.5) is 11.5 Å². The number of benzene rings is 2. The Hall–Kier alpha value is -3.06. The molecule has 7 heteroatoms. The maximum atomic E-state index is 12.6. The van der Waals surface area contributed by atoms with Crippen LogP contribution >= 0.6 is 0 Å². The van der Waals surface area contributed by atoms with Gasteiger partial charge in [0, 0.05) is 6.04 Å². The molecule has 1 unspecified atom stereocenters. The Balaban J connectivity index is 1.70. The van der Waals surface area contributed by atoms with E-state index in [4.69, 9.17) is 4.74 Å². The van der Waals surface area contributed by atoms with E-state index < -0.39 is 10.0 Å². The molecular formula is C21H23N3O3S. The molecule has 0 fully saturated rings. The smallest absolute Gasteiger partial charge is 0.261 e. The highest BCUT2D eigenvalue weighted by Gasteiger charge is 2.16. The summed E-state index contributed by atoms with van der Waals surface area (Å²) in [6, 6.07) is 18.3. The van der Waals surface area contributed by atoms with Gasteiger partial charge in [0.1, 0.15) is 11.6 Å². The summed E-state index contributed by atoms with van der Waals surface area (Å²) in [5.74, 6) is 1.31. The molecule has 2 aromatic carbocycles. The molecule has 2 N–H and O–H groups in total. The standard InChI is InChI=1S/C21H23N3O3S/c1-15-13-19(10-11-20(15)27-3)28(25,26)24-18-9-12-21(22-14-18)23-16(2)17-7-5-4-6-8-17/h4-14,16,24H,1-3H3,(H,22,23).